The number of fused-ring (bicyclic) bond motifs is 8. The average molecular weight is 996 g/mol. The van der Waals surface area contributed by atoms with Gasteiger partial charge in [0.1, 0.15) is 13.2 Å². The van der Waals surface area contributed by atoms with Crippen molar-refractivity contribution in [2.24, 2.45) is 4.99 Å². The summed E-state index contributed by atoms with van der Waals surface area (Å²) in [6.07, 6.45) is 4.99. The van der Waals surface area contributed by atoms with E-state index in [0.717, 1.165) is 63.5 Å². The molecule has 1 N–H and O–H groups in total. The lowest BCUT2D eigenvalue weighted by molar-refractivity contribution is -0.195. The molecule has 0 aliphatic carbocycles. The van der Waals surface area contributed by atoms with Crippen LogP contribution in [0.5, 0.6) is 23.0 Å². The van der Waals surface area contributed by atoms with Crippen LogP contribution in [0.4, 0.5) is 22.7 Å². The Hall–Kier alpha value is -6.98. The molecule has 2 atom stereocenters. The fourth-order valence-electron chi connectivity index (χ4n) is 9.70. The van der Waals surface area contributed by atoms with Gasteiger partial charge in [0.05, 0.1) is 54.6 Å². The predicted octanol–water partition coefficient (Wildman–Crippen LogP) is 9.14. The topological polar surface area (TPSA) is 166 Å². The van der Waals surface area contributed by atoms with Crippen LogP contribution in [0.15, 0.2) is 101 Å². The lowest BCUT2D eigenvalue weighted by Gasteiger charge is -2.24. The molecule has 366 valence electrons. The Bertz CT molecular complexity index is 2980. The number of benzene rings is 5. The molecule has 5 aliphatic heterocycles. The molecule has 1 fully saturated rings. The molecule has 15 nitrogen and oxygen atoms in total. The van der Waals surface area contributed by atoms with Crippen molar-refractivity contribution < 1.29 is 47.8 Å². The normalized spacial score (nSPS) is 17.6. The quantitative estimate of drug-likeness (QED) is 0.0533. The second-order valence-electron chi connectivity index (χ2n) is 18.6. The van der Waals surface area contributed by atoms with Crippen molar-refractivity contribution in [3.8, 4) is 23.0 Å². The Morgan fingerprint density at radius 1 is 0.746 bits per heavy atom. The second-order valence-corrected chi connectivity index (χ2v) is 21.4. The minimum Gasteiger partial charge on any atom is -0.493 e. The first-order valence-electron chi connectivity index (χ1n) is 23.6. The number of methoxy groups -OCH3 is 2. The summed E-state index contributed by atoms with van der Waals surface area (Å²) in [7, 11) is 3.11. The molecule has 5 aromatic carbocycles. The number of anilines is 3. The van der Waals surface area contributed by atoms with Gasteiger partial charge in [-0.25, -0.2) is 4.79 Å². The first-order chi connectivity index (χ1) is 34.4. The zero-order valence-corrected chi connectivity index (χ0v) is 41.5. The molecule has 0 unspecified atom stereocenters. The molecule has 4 amide bonds. The van der Waals surface area contributed by atoms with E-state index in [1.165, 1.54) is 11.8 Å². The van der Waals surface area contributed by atoms with Gasteiger partial charge < -0.3 is 34.0 Å². The summed E-state index contributed by atoms with van der Waals surface area (Å²) in [5.74, 6) is 0.670. The van der Waals surface area contributed by atoms with Crippen molar-refractivity contribution in [1.82, 2.24) is 5.06 Å². The second kappa shape index (κ2) is 20.0. The van der Waals surface area contributed by atoms with Gasteiger partial charge in [-0.15, -0.1) is 28.6 Å². The highest BCUT2D eigenvalue weighted by Crippen LogP contribution is 2.43. The fraction of sp³-hybridized carbons (Fsp3) is 0.333. The molecule has 0 saturated carbocycles. The number of amides is 4. The van der Waals surface area contributed by atoms with Crippen molar-refractivity contribution in [1.29, 1.82) is 0 Å². The third-order valence-corrected chi connectivity index (χ3v) is 15.7. The molecule has 5 heterocycles. The smallest absolute Gasteiger partial charge is 0.343 e. The van der Waals surface area contributed by atoms with E-state index in [1.54, 1.807) is 49.1 Å². The number of nitrogens with one attached hydrogen (secondary N) is 1. The highest BCUT2D eigenvalue weighted by atomic mass is 32.2. The van der Waals surface area contributed by atoms with Crippen LogP contribution in [-0.2, 0) is 45.3 Å². The lowest BCUT2D eigenvalue weighted by Crippen LogP contribution is -2.39. The van der Waals surface area contributed by atoms with Gasteiger partial charge in [-0.05, 0) is 89.7 Å². The van der Waals surface area contributed by atoms with Gasteiger partial charge in [0.15, 0.2) is 23.0 Å². The van der Waals surface area contributed by atoms with E-state index in [-0.39, 0.29) is 60.5 Å². The molecule has 5 aromatic rings. The van der Waals surface area contributed by atoms with Crippen molar-refractivity contribution in [2.75, 3.05) is 47.4 Å². The number of hydroxylamine groups is 2. The molecule has 5 aliphatic rings. The summed E-state index contributed by atoms with van der Waals surface area (Å²) in [6, 6.07) is 29.0. The number of nitrogens with zero attached hydrogens (tertiary/aromatic N) is 4. The monoisotopic (exact) mass is 995 g/mol. The molecule has 71 heavy (non-hydrogen) atoms. The van der Waals surface area contributed by atoms with E-state index in [4.69, 9.17) is 28.8 Å². The Labute approximate surface area is 420 Å². The maximum atomic E-state index is 14.1. The number of carbonyl (C=O) groups excluding carboxylic acids is 5. The third kappa shape index (κ3) is 9.89. The fourth-order valence-corrected chi connectivity index (χ4v) is 11.5. The van der Waals surface area contributed by atoms with Gasteiger partial charge >= 0.3 is 5.97 Å². The van der Waals surface area contributed by atoms with Crippen LogP contribution in [0.3, 0.4) is 0 Å². The highest BCUT2D eigenvalue weighted by molar-refractivity contribution is 8.01. The summed E-state index contributed by atoms with van der Waals surface area (Å²) in [5.41, 5.74) is 7.93. The Balaban J connectivity index is 0.855. The number of carbonyl (C=O) groups is 5. The van der Waals surface area contributed by atoms with Gasteiger partial charge in [-0.1, -0.05) is 50.2 Å². The first-order valence-corrected chi connectivity index (χ1v) is 25.6. The van der Waals surface area contributed by atoms with Gasteiger partial charge in [0, 0.05) is 65.2 Å². The van der Waals surface area contributed by atoms with Crippen LogP contribution in [0.1, 0.15) is 82.5 Å². The molecule has 0 bridgehead atoms. The number of hydrogen-bond donors (Lipinski definition) is 1. The molecule has 0 aromatic heterocycles. The van der Waals surface area contributed by atoms with Crippen LogP contribution < -0.4 is 34.1 Å². The van der Waals surface area contributed by atoms with Crippen LogP contribution in [-0.4, -0.2) is 90.0 Å². The Morgan fingerprint density at radius 2 is 1.37 bits per heavy atom. The molecule has 1 saturated heterocycles. The Kier molecular flexibility index (Phi) is 13.5. The maximum Gasteiger partial charge on any atom is 0.343 e. The molecular formula is C54H53N5O10S2. The molecule has 10 rings (SSSR count). The number of aliphatic imine (C=N–C) groups is 1. The molecular weight excluding hydrogens is 943 g/mol. The lowest BCUT2D eigenvalue weighted by atomic mass is 10.1. The van der Waals surface area contributed by atoms with Crippen LogP contribution in [0.25, 0.3) is 0 Å². The largest absolute Gasteiger partial charge is 0.493 e. The van der Waals surface area contributed by atoms with E-state index in [0.29, 0.717) is 63.5 Å². The number of imide groups is 1. The maximum absolute atomic E-state index is 14.1. The number of thioether (sulfide) groups is 2. The van der Waals surface area contributed by atoms with Crippen LogP contribution >= 0.6 is 23.5 Å². The summed E-state index contributed by atoms with van der Waals surface area (Å²) in [4.78, 5) is 79.1. The number of ether oxygens (including phenoxy) is 4. The molecule has 0 spiro atoms. The molecule has 17 heteroatoms. The van der Waals surface area contributed by atoms with E-state index in [9.17, 15) is 24.0 Å². The van der Waals surface area contributed by atoms with E-state index in [1.807, 2.05) is 65.7 Å². The summed E-state index contributed by atoms with van der Waals surface area (Å²) < 4.78 is 24.4. The van der Waals surface area contributed by atoms with Crippen molar-refractivity contribution in [3.05, 3.63) is 124 Å². The average Bonchev–Trinajstić information content (AvgIpc) is 3.99. The van der Waals surface area contributed by atoms with Crippen molar-refractivity contribution in [2.45, 2.75) is 87.3 Å². The standard InChI is InChI=1S/C54H53N5O10S2/c1-54(2,71-31-51(62)69-59-49(60)14-15-50(59)61)16-9-17-70-38-19-32(29-67-47-25-41-39(23-45(47)65-3)52(63)57-36(27-55-41)21-34-10-5-7-12-43(34)57)18-33(20-38)30-68-48-26-42-40(24-46(48)66-4)53(64)58-37(28-56-42)22-35-11-6-8-13-44(35)58/h5-8,10-13,18-20,23-27,36-37,56H,9,14-17,21-22,28-31H2,1-4H3/t36-,37-/m0/s1. The van der Waals surface area contributed by atoms with Gasteiger partial charge in [0.25, 0.3) is 23.6 Å². The third-order valence-electron chi connectivity index (χ3n) is 13.3. The van der Waals surface area contributed by atoms with Crippen LogP contribution in [0, 0.1) is 0 Å². The van der Waals surface area contributed by atoms with E-state index < -0.39 is 17.8 Å². The van der Waals surface area contributed by atoms with E-state index >= 15 is 0 Å². The van der Waals surface area contributed by atoms with Gasteiger partial charge in [-0.2, -0.15) is 0 Å². The zero-order valence-electron chi connectivity index (χ0n) is 39.9. The summed E-state index contributed by atoms with van der Waals surface area (Å²) in [5, 5.41) is 4.09. The van der Waals surface area contributed by atoms with Gasteiger partial charge in [-0.3, -0.25) is 29.1 Å². The highest BCUT2D eigenvalue weighted by Gasteiger charge is 2.39. The summed E-state index contributed by atoms with van der Waals surface area (Å²) >= 11 is 3.11. The van der Waals surface area contributed by atoms with E-state index in [2.05, 4.69) is 37.4 Å². The predicted molar refractivity (Wildman–Crippen MR) is 273 cm³/mol. The molecule has 0 radical (unpaired) electrons. The first kappa shape index (κ1) is 47.7. The minimum atomic E-state index is -0.634. The van der Waals surface area contributed by atoms with Gasteiger partial charge in [0.2, 0.25) is 0 Å². The number of rotatable bonds is 17. The summed E-state index contributed by atoms with van der Waals surface area (Å²) in [6.45, 7) is 5.04. The Morgan fingerprint density at radius 3 is 2.06 bits per heavy atom. The van der Waals surface area contributed by atoms with Crippen LogP contribution in [0.2, 0.25) is 0 Å². The van der Waals surface area contributed by atoms with Crippen molar-refractivity contribution >= 4 is 82.1 Å². The van der Waals surface area contributed by atoms with Crippen molar-refractivity contribution in [3.63, 3.8) is 0 Å². The minimum absolute atomic E-state index is 0.00261. The zero-order chi connectivity index (χ0) is 49.4. The SMILES string of the molecule is COc1cc2c(cc1OCc1cc(COc3cc4c(cc3OC)C(=O)N3c5ccccc5C[C@H]3CN4)cc(SCCCC(C)(C)SCC(=O)ON3C(=O)CCC3=O)c1)N=C[C@@H]1Cc3ccccc3N1C2=O. The number of para-hydroxylation sites is 2. The number of hydrogen-bond acceptors (Lipinski definition) is 14.